The summed E-state index contributed by atoms with van der Waals surface area (Å²) in [6, 6.07) is 15.9. The maximum absolute atomic E-state index is 12.7. The number of hydrogen-bond donors (Lipinski definition) is 2. The second-order valence-corrected chi connectivity index (χ2v) is 6.34. The number of benzene rings is 2. The number of nitrogens with zero attached hydrogens (tertiary/aromatic N) is 1. The van der Waals surface area contributed by atoms with E-state index in [0.29, 0.717) is 18.9 Å². The largest absolute Gasteiger partial charge is 0.378 e. The molecule has 1 aromatic heterocycles. The molecule has 0 aliphatic carbocycles. The topological polar surface area (TPSA) is 57.4 Å². The van der Waals surface area contributed by atoms with E-state index in [4.69, 9.17) is 4.74 Å². The first kappa shape index (κ1) is 15.7. The van der Waals surface area contributed by atoms with Gasteiger partial charge in [-0.3, -0.25) is 4.79 Å². The van der Waals surface area contributed by atoms with Crippen LogP contribution in [0.4, 0.5) is 11.4 Å². The molecular formula is C20H21N3O2. The Balaban J connectivity index is 1.59. The van der Waals surface area contributed by atoms with Gasteiger partial charge in [0.05, 0.1) is 24.6 Å². The van der Waals surface area contributed by atoms with Crippen LogP contribution in [0.1, 0.15) is 16.1 Å². The van der Waals surface area contributed by atoms with Gasteiger partial charge in [0.25, 0.3) is 5.91 Å². The lowest BCUT2D eigenvalue weighted by atomic mass is 10.2. The lowest BCUT2D eigenvalue weighted by Crippen LogP contribution is -2.36. The fraction of sp³-hybridized carbons (Fsp3) is 0.250. The molecule has 0 saturated carbocycles. The molecule has 0 bridgehead atoms. The lowest BCUT2D eigenvalue weighted by Gasteiger charge is -2.30. The zero-order valence-electron chi connectivity index (χ0n) is 14.2. The first-order valence-corrected chi connectivity index (χ1v) is 8.53. The van der Waals surface area contributed by atoms with Gasteiger partial charge in [0.2, 0.25) is 0 Å². The number of aryl methyl sites for hydroxylation is 1. The van der Waals surface area contributed by atoms with Gasteiger partial charge < -0.3 is 19.9 Å². The minimum atomic E-state index is -0.130. The first-order chi connectivity index (χ1) is 12.2. The molecule has 1 fully saturated rings. The van der Waals surface area contributed by atoms with Gasteiger partial charge in [-0.2, -0.15) is 0 Å². The number of carbonyl (C=O) groups is 1. The first-order valence-electron chi connectivity index (χ1n) is 8.53. The Morgan fingerprint density at radius 1 is 1.12 bits per heavy atom. The van der Waals surface area contributed by atoms with Gasteiger partial charge in [-0.1, -0.05) is 24.3 Å². The highest BCUT2D eigenvalue weighted by Gasteiger charge is 2.17. The predicted molar refractivity (Wildman–Crippen MR) is 100 cm³/mol. The molecule has 2 aromatic carbocycles. The molecule has 5 nitrogen and oxygen atoms in total. The summed E-state index contributed by atoms with van der Waals surface area (Å²) in [5.41, 5.74) is 4.57. The van der Waals surface area contributed by atoms with Gasteiger partial charge in [0, 0.05) is 24.0 Å². The lowest BCUT2D eigenvalue weighted by molar-refractivity contribution is 0.102. The summed E-state index contributed by atoms with van der Waals surface area (Å²) in [6.45, 7) is 5.13. The van der Waals surface area contributed by atoms with Gasteiger partial charge in [0.1, 0.15) is 5.69 Å². The molecular weight excluding hydrogens is 314 g/mol. The highest BCUT2D eigenvalue weighted by Crippen LogP contribution is 2.27. The van der Waals surface area contributed by atoms with E-state index in [-0.39, 0.29) is 5.91 Å². The van der Waals surface area contributed by atoms with E-state index in [1.54, 1.807) is 0 Å². The molecule has 1 saturated heterocycles. The van der Waals surface area contributed by atoms with Gasteiger partial charge >= 0.3 is 0 Å². The third-order valence-electron chi connectivity index (χ3n) is 4.53. The van der Waals surface area contributed by atoms with Crippen molar-refractivity contribution in [3.8, 4) is 0 Å². The summed E-state index contributed by atoms with van der Waals surface area (Å²) in [5.74, 6) is -0.130. The van der Waals surface area contributed by atoms with E-state index in [0.717, 1.165) is 35.4 Å². The highest BCUT2D eigenvalue weighted by atomic mass is 16.5. The van der Waals surface area contributed by atoms with Crippen LogP contribution in [0.3, 0.4) is 0 Å². The average Bonchev–Trinajstić information content (AvgIpc) is 3.06. The molecule has 2 N–H and O–H groups in total. The number of aromatic nitrogens is 1. The Bertz CT molecular complexity index is 910. The monoisotopic (exact) mass is 335 g/mol. The summed E-state index contributed by atoms with van der Waals surface area (Å²) < 4.78 is 5.42. The Kier molecular flexibility index (Phi) is 4.15. The standard InChI is InChI=1S/C20H21N3O2/c1-14-6-7-15-13-18(21-17(15)12-14)20(24)22-16-4-2-3-5-19(16)23-8-10-25-11-9-23/h2-7,12-13,21H,8-11H2,1H3,(H,22,24). The average molecular weight is 335 g/mol. The Morgan fingerprint density at radius 2 is 1.92 bits per heavy atom. The zero-order chi connectivity index (χ0) is 17.2. The highest BCUT2D eigenvalue weighted by molar-refractivity contribution is 6.07. The SMILES string of the molecule is Cc1ccc2cc(C(=O)Nc3ccccc3N3CCOCC3)[nH]c2c1. The van der Waals surface area contributed by atoms with Crippen molar-refractivity contribution in [1.82, 2.24) is 4.98 Å². The third kappa shape index (κ3) is 3.23. The van der Waals surface area contributed by atoms with Crippen LogP contribution in [0, 0.1) is 6.92 Å². The number of fused-ring (bicyclic) bond motifs is 1. The molecule has 0 radical (unpaired) electrons. The van der Waals surface area contributed by atoms with Crippen molar-refractivity contribution in [2.75, 3.05) is 36.5 Å². The molecule has 0 atom stereocenters. The van der Waals surface area contributed by atoms with Crippen molar-refractivity contribution in [3.63, 3.8) is 0 Å². The van der Waals surface area contributed by atoms with Crippen molar-refractivity contribution in [2.24, 2.45) is 0 Å². The van der Waals surface area contributed by atoms with Crippen LogP contribution in [0.15, 0.2) is 48.5 Å². The summed E-state index contributed by atoms with van der Waals surface area (Å²) in [5, 5.41) is 4.09. The van der Waals surface area contributed by atoms with Crippen LogP contribution in [-0.2, 0) is 4.74 Å². The van der Waals surface area contributed by atoms with Gasteiger partial charge in [-0.25, -0.2) is 0 Å². The minimum absolute atomic E-state index is 0.130. The molecule has 1 amide bonds. The van der Waals surface area contributed by atoms with Crippen LogP contribution in [0.2, 0.25) is 0 Å². The molecule has 128 valence electrons. The summed E-state index contributed by atoms with van der Waals surface area (Å²) >= 11 is 0. The van der Waals surface area contributed by atoms with Crippen LogP contribution in [-0.4, -0.2) is 37.2 Å². The molecule has 3 aromatic rings. The van der Waals surface area contributed by atoms with Gasteiger partial charge in [-0.15, -0.1) is 0 Å². The number of hydrogen-bond acceptors (Lipinski definition) is 3. The fourth-order valence-electron chi connectivity index (χ4n) is 3.21. The van der Waals surface area contributed by atoms with Crippen LogP contribution >= 0.6 is 0 Å². The second-order valence-electron chi connectivity index (χ2n) is 6.34. The Hall–Kier alpha value is -2.79. The number of rotatable bonds is 3. The smallest absolute Gasteiger partial charge is 0.272 e. The molecule has 0 spiro atoms. The second kappa shape index (κ2) is 6.61. The molecule has 25 heavy (non-hydrogen) atoms. The number of para-hydroxylation sites is 2. The van der Waals surface area contributed by atoms with E-state index in [1.807, 2.05) is 55.5 Å². The molecule has 1 aliphatic rings. The maximum Gasteiger partial charge on any atom is 0.272 e. The molecule has 5 heteroatoms. The van der Waals surface area contributed by atoms with Gasteiger partial charge in [-0.05, 0) is 36.8 Å². The normalized spacial score (nSPS) is 14.7. The number of morpholine rings is 1. The Labute approximate surface area is 146 Å². The number of ether oxygens (including phenoxy) is 1. The fourth-order valence-corrected chi connectivity index (χ4v) is 3.21. The van der Waals surface area contributed by atoms with E-state index < -0.39 is 0 Å². The summed E-state index contributed by atoms with van der Waals surface area (Å²) in [4.78, 5) is 18.2. The predicted octanol–water partition coefficient (Wildman–Crippen LogP) is 3.57. The number of anilines is 2. The number of nitrogens with one attached hydrogen (secondary N) is 2. The van der Waals surface area contributed by atoms with Crippen molar-refractivity contribution in [2.45, 2.75) is 6.92 Å². The number of H-pyrrole nitrogens is 1. The van der Waals surface area contributed by atoms with Crippen molar-refractivity contribution >= 4 is 28.2 Å². The van der Waals surface area contributed by atoms with Crippen LogP contribution in [0.5, 0.6) is 0 Å². The van der Waals surface area contributed by atoms with E-state index in [2.05, 4.69) is 15.2 Å². The number of carbonyl (C=O) groups excluding carboxylic acids is 1. The quantitative estimate of drug-likeness (QED) is 0.769. The molecule has 0 unspecified atom stereocenters. The summed E-state index contributed by atoms with van der Waals surface area (Å²) in [6.07, 6.45) is 0. The van der Waals surface area contributed by atoms with Gasteiger partial charge in [0.15, 0.2) is 0 Å². The number of amides is 1. The third-order valence-corrected chi connectivity index (χ3v) is 4.53. The zero-order valence-corrected chi connectivity index (χ0v) is 14.2. The molecule has 2 heterocycles. The molecule has 1 aliphatic heterocycles. The van der Waals surface area contributed by atoms with Crippen LogP contribution in [0.25, 0.3) is 10.9 Å². The van der Waals surface area contributed by atoms with Crippen molar-refractivity contribution < 1.29 is 9.53 Å². The Morgan fingerprint density at radius 3 is 2.76 bits per heavy atom. The number of aromatic amines is 1. The van der Waals surface area contributed by atoms with E-state index in [9.17, 15) is 4.79 Å². The maximum atomic E-state index is 12.7. The van der Waals surface area contributed by atoms with E-state index >= 15 is 0 Å². The van der Waals surface area contributed by atoms with Crippen molar-refractivity contribution in [3.05, 3.63) is 59.8 Å². The molecule has 4 rings (SSSR count). The van der Waals surface area contributed by atoms with E-state index in [1.165, 1.54) is 5.56 Å². The van der Waals surface area contributed by atoms with Crippen LogP contribution < -0.4 is 10.2 Å². The minimum Gasteiger partial charge on any atom is -0.378 e. The summed E-state index contributed by atoms with van der Waals surface area (Å²) in [7, 11) is 0. The van der Waals surface area contributed by atoms with Crippen molar-refractivity contribution in [1.29, 1.82) is 0 Å².